The van der Waals surface area contributed by atoms with Crippen LogP contribution in [0.25, 0.3) is 0 Å². The summed E-state index contributed by atoms with van der Waals surface area (Å²) in [6.45, 7) is 7.14. The third kappa shape index (κ3) is 5.10. The number of carbonyl (C=O) groups excluding carboxylic acids is 1. The third-order valence-electron chi connectivity index (χ3n) is 4.59. The number of fused-ring (bicyclic) bond motifs is 1. The zero-order valence-electron chi connectivity index (χ0n) is 16.4. The van der Waals surface area contributed by atoms with E-state index < -0.39 is 6.10 Å². The van der Waals surface area contributed by atoms with Crippen LogP contribution in [-0.2, 0) is 4.79 Å². The van der Waals surface area contributed by atoms with Crippen molar-refractivity contribution in [1.29, 1.82) is 0 Å². The van der Waals surface area contributed by atoms with Crippen molar-refractivity contribution in [2.45, 2.75) is 39.3 Å². The molecule has 150 valence electrons. The van der Waals surface area contributed by atoms with Gasteiger partial charge < -0.3 is 19.5 Å². The maximum atomic E-state index is 12.7. The van der Waals surface area contributed by atoms with Gasteiger partial charge in [0.15, 0.2) is 17.6 Å². The minimum absolute atomic E-state index is 0.166. The molecule has 1 heterocycles. The number of hydrogen-bond donors (Lipinski definition) is 1. The van der Waals surface area contributed by atoms with Crippen molar-refractivity contribution in [1.82, 2.24) is 5.32 Å². The molecule has 3 rings (SSSR count). The number of carbonyl (C=O) groups is 1. The fraction of sp³-hybridized carbons (Fsp3) is 0.409. The molecule has 1 amide bonds. The molecule has 2 aromatic carbocycles. The zero-order valence-corrected chi connectivity index (χ0v) is 17.2. The second-order valence-corrected chi connectivity index (χ2v) is 7.64. The van der Waals surface area contributed by atoms with Gasteiger partial charge in [-0.15, -0.1) is 0 Å². The number of ether oxygens (including phenoxy) is 3. The summed E-state index contributed by atoms with van der Waals surface area (Å²) in [5.74, 6) is 2.08. The van der Waals surface area contributed by atoms with Crippen molar-refractivity contribution in [2.24, 2.45) is 5.92 Å². The molecule has 28 heavy (non-hydrogen) atoms. The number of rotatable bonds is 6. The third-order valence-corrected chi connectivity index (χ3v) is 4.84. The molecule has 5 nitrogen and oxygen atoms in total. The molecule has 0 bridgehead atoms. The Morgan fingerprint density at radius 2 is 1.71 bits per heavy atom. The molecule has 2 atom stereocenters. The molecule has 1 aliphatic rings. The summed E-state index contributed by atoms with van der Waals surface area (Å²) >= 11 is 5.89. The summed E-state index contributed by atoms with van der Waals surface area (Å²) in [6.07, 6.45) is 0.219. The summed E-state index contributed by atoms with van der Waals surface area (Å²) in [5, 5.41) is 3.72. The van der Waals surface area contributed by atoms with E-state index in [4.69, 9.17) is 25.8 Å². The van der Waals surface area contributed by atoms with E-state index in [9.17, 15) is 4.79 Å². The van der Waals surface area contributed by atoms with E-state index in [-0.39, 0.29) is 17.9 Å². The van der Waals surface area contributed by atoms with Gasteiger partial charge in [-0.3, -0.25) is 4.79 Å². The monoisotopic (exact) mass is 403 g/mol. The van der Waals surface area contributed by atoms with Gasteiger partial charge in [0.25, 0.3) is 5.91 Å². The molecular weight excluding hydrogens is 378 g/mol. The number of hydrogen-bond acceptors (Lipinski definition) is 4. The fourth-order valence-corrected chi connectivity index (χ4v) is 3.18. The first-order valence-electron chi connectivity index (χ1n) is 9.56. The van der Waals surface area contributed by atoms with Crippen LogP contribution in [0.3, 0.4) is 0 Å². The standard InChI is InChI=1S/C22H26ClNO4/c1-14(2)21(16-5-10-19-20(13-16)27-12-4-11-26-19)24-22(25)15(3)28-18-8-6-17(23)7-9-18/h5-10,13-15,21H,4,11-12H2,1-3H3,(H,24,25)/t15-,21-/m0/s1. The van der Waals surface area contributed by atoms with Gasteiger partial charge in [0.05, 0.1) is 19.3 Å². The van der Waals surface area contributed by atoms with Crippen LogP contribution >= 0.6 is 11.6 Å². The SMILES string of the molecule is CC(C)[C@H](NC(=O)[C@H](C)Oc1ccc(Cl)cc1)c1ccc2c(c1)OCCCO2. The van der Waals surface area contributed by atoms with E-state index in [1.165, 1.54) is 0 Å². The minimum Gasteiger partial charge on any atom is -0.490 e. The molecule has 0 radical (unpaired) electrons. The van der Waals surface area contributed by atoms with E-state index in [1.54, 1.807) is 31.2 Å². The van der Waals surface area contributed by atoms with Gasteiger partial charge in [-0.05, 0) is 54.8 Å². The van der Waals surface area contributed by atoms with E-state index >= 15 is 0 Å². The maximum absolute atomic E-state index is 12.7. The first kappa shape index (κ1) is 20.3. The van der Waals surface area contributed by atoms with Crippen LogP contribution in [0.15, 0.2) is 42.5 Å². The summed E-state index contributed by atoms with van der Waals surface area (Å²) in [6, 6.07) is 12.6. The van der Waals surface area contributed by atoms with Crippen LogP contribution in [-0.4, -0.2) is 25.2 Å². The number of halogens is 1. The first-order valence-corrected chi connectivity index (χ1v) is 9.94. The summed E-state index contributed by atoms with van der Waals surface area (Å²) in [7, 11) is 0. The Kier molecular flexibility index (Phi) is 6.68. The molecule has 0 aliphatic carbocycles. The van der Waals surface area contributed by atoms with Gasteiger partial charge in [-0.2, -0.15) is 0 Å². The highest BCUT2D eigenvalue weighted by atomic mass is 35.5. The van der Waals surface area contributed by atoms with Crippen LogP contribution in [0.2, 0.25) is 5.02 Å². The predicted molar refractivity (Wildman–Crippen MR) is 109 cm³/mol. The van der Waals surface area contributed by atoms with E-state index in [0.717, 1.165) is 23.5 Å². The molecule has 2 aromatic rings. The Hall–Kier alpha value is -2.40. The first-order chi connectivity index (χ1) is 13.4. The Balaban J connectivity index is 1.71. The fourth-order valence-electron chi connectivity index (χ4n) is 3.05. The normalized spacial score (nSPS) is 15.5. The van der Waals surface area contributed by atoms with Gasteiger partial charge in [0.2, 0.25) is 0 Å². The highest BCUT2D eigenvalue weighted by molar-refractivity contribution is 6.30. The molecule has 6 heteroatoms. The van der Waals surface area contributed by atoms with Crippen LogP contribution in [0.1, 0.15) is 38.8 Å². The lowest BCUT2D eigenvalue weighted by Crippen LogP contribution is -2.40. The Labute approximate surface area is 170 Å². The minimum atomic E-state index is -0.636. The summed E-state index contributed by atoms with van der Waals surface area (Å²) in [4.78, 5) is 12.7. The number of benzene rings is 2. The highest BCUT2D eigenvalue weighted by Gasteiger charge is 2.24. The molecule has 1 aliphatic heterocycles. The molecule has 0 spiro atoms. The molecule has 1 N–H and O–H groups in total. The highest BCUT2D eigenvalue weighted by Crippen LogP contribution is 2.34. The molecule has 0 saturated heterocycles. The average Bonchev–Trinajstić information content (AvgIpc) is 2.92. The van der Waals surface area contributed by atoms with Gasteiger partial charge in [0, 0.05) is 11.4 Å². The topological polar surface area (TPSA) is 56.8 Å². The lowest BCUT2D eigenvalue weighted by Gasteiger charge is -2.25. The van der Waals surface area contributed by atoms with E-state index in [2.05, 4.69) is 19.2 Å². The van der Waals surface area contributed by atoms with Crippen molar-refractivity contribution < 1.29 is 19.0 Å². The largest absolute Gasteiger partial charge is 0.490 e. The smallest absolute Gasteiger partial charge is 0.261 e. The van der Waals surface area contributed by atoms with E-state index in [1.807, 2.05) is 18.2 Å². The Morgan fingerprint density at radius 1 is 1.04 bits per heavy atom. The molecule has 0 saturated carbocycles. The second kappa shape index (κ2) is 9.20. The van der Waals surface area contributed by atoms with Crippen molar-refractivity contribution in [2.75, 3.05) is 13.2 Å². The summed E-state index contributed by atoms with van der Waals surface area (Å²) < 4.78 is 17.2. The molecular formula is C22H26ClNO4. The quantitative estimate of drug-likeness (QED) is 0.753. The van der Waals surface area contributed by atoms with Crippen LogP contribution in [0.5, 0.6) is 17.2 Å². The Bertz CT molecular complexity index is 807. The number of nitrogens with one attached hydrogen (secondary N) is 1. The van der Waals surface area contributed by atoms with Crippen LogP contribution < -0.4 is 19.5 Å². The predicted octanol–water partition coefficient (Wildman–Crippen LogP) is 4.78. The lowest BCUT2D eigenvalue weighted by atomic mass is 9.95. The Morgan fingerprint density at radius 3 is 2.39 bits per heavy atom. The zero-order chi connectivity index (χ0) is 20.1. The molecule has 0 aromatic heterocycles. The van der Waals surface area contributed by atoms with Crippen molar-refractivity contribution in [3.05, 3.63) is 53.1 Å². The molecule has 0 fully saturated rings. The molecule has 0 unspecified atom stereocenters. The average molecular weight is 404 g/mol. The lowest BCUT2D eigenvalue weighted by molar-refractivity contribution is -0.128. The van der Waals surface area contributed by atoms with Gasteiger partial charge in [-0.1, -0.05) is 31.5 Å². The number of amides is 1. The van der Waals surface area contributed by atoms with E-state index in [0.29, 0.717) is 24.0 Å². The van der Waals surface area contributed by atoms with Crippen molar-refractivity contribution >= 4 is 17.5 Å². The van der Waals surface area contributed by atoms with Gasteiger partial charge in [-0.25, -0.2) is 0 Å². The van der Waals surface area contributed by atoms with Crippen LogP contribution in [0.4, 0.5) is 0 Å². The van der Waals surface area contributed by atoms with Gasteiger partial charge >= 0.3 is 0 Å². The second-order valence-electron chi connectivity index (χ2n) is 7.20. The van der Waals surface area contributed by atoms with Crippen molar-refractivity contribution in [3.63, 3.8) is 0 Å². The van der Waals surface area contributed by atoms with Crippen LogP contribution in [0, 0.1) is 5.92 Å². The summed E-state index contributed by atoms with van der Waals surface area (Å²) in [5.41, 5.74) is 0.978. The van der Waals surface area contributed by atoms with Gasteiger partial charge in [0.1, 0.15) is 5.75 Å². The maximum Gasteiger partial charge on any atom is 0.261 e. The van der Waals surface area contributed by atoms with Crippen molar-refractivity contribution in [3.8, 4) is 17.2 Å².